The van der Waals surface area contributed by atoms with E-state index in [2.05, 4.69) is 10.6 Å². The highest BCUT2D eigenvalue weighted by atomic mass is 32.1. The highest BCUT2D eigenvalue weighted by Crippen LogP contribution is 2.21. The van der Waals surface area contributed by atoms with Gasteiger partial charge >= 0.3 is 6.03 Å². The van der Waals surface area contributed by atoms with Gasteiger partial charge in [-0.15, -0.1) is 11.3 Å². The van der Waals surface area contributed by atoms with Crippen molar-refractivity contribution >= 4 is 29.0 Å². The average molecular weight is 424 g/mol. The molecule has 3 rings (SSSR count). The second-order valence-electron chi connectivity index (χ2n) is 6.67. The van der Waals surface area contributed by atoms with Crippen LogP contribution in [0.5, 0.6) is 5.75 Å². The van der Waals surface area contributed by atoms with Crippen molar-refractivity contribution in [3.05, 3.63) is 82.6 Å². The number of imide groups is 1. The summed E-state index contributed by atoms with van der Waals surface area (Å²) in [5.74, 6) is 0.378. The number of carbonyl (C=O) groups excluding carboxylic acids is 2. The lowest BCUT2D eigenvalue weighted by Crippen LogP contribution is -2.45. The van der Waals surface area contributed by atoms with Gasteiger partial charge in [0.15, 0.2) is 0 Å². The van der Waals surface area contributed by atoms with Crippen molar-refractivity contribution < 1.29 is 14.3 Å². The van der Waals surface area contributed by atoms with Crippen LogP contribution in [0, 0.1) is 0 Å². The Labute approximate surface area is 180 Å². The summed E-state index contributed by atoms with van der Waals surface area (Å²) in [4.78, 5) is 27.7. The van der Waals surface area contributed by atoms with Crippen LogP contribution in [-0.2, 0) is 17.8 Å². The summed E-state index contributed by atoms with van der Waals surface area (Å²) < 4.78 is 5.22. The van der Waals surface area contributed by atoms with Crippen molar-refractivity contribution in [3.8, 4) is 5.75 Å². The number of nitrogens with zero attached hydrogens (tertiary/aromatic N) is 1. The fourth-order valence-corrected chi connectivity index (χ4v) is 3.68. The van der Waals surface area contributed by atoms with E-state index >= 15 is 0 Å². The van der Waals surface area contributed by atoms with Gasteiger partial charge in [-0.2, -0.15) is 0 Å². The molecule has 2 aromatic carbocycles. The van der Waals surface area contributed by atoms with Crippen molar-refractivity contribution in [2.45, 2.75) is 13.0 Å². The van der Waals surface area contributed by atoms with Crippen LogP contribution in [0.2, 0.25) is 0 Å². The third-order valence-corrected chi connectivity index (χ3v) is 5.41. The number of hydrogen-bond acceptors (Lipinski definition) is 5. The number of urea groups is 1. The van der Waals surface area contributed by atoms with Gasteiger partial charge < -0.3 is 15.0 Å². The van der Waals surface area contributed by atoms with Crippen LogP contribution in [0.3, 0.4) is 0 Å². The first kappa shape index (κ1) is 21.4. The number of methoxy groups -OCH3 is 1. The van der Waals surface area contributed by atoms with E-state index in [1.807, 2.05) is 77.0 Å². The number of rotatable bonds is 9. The van der Waals surface area contributed by atoms with E-state index in [0.717, 1.165) is 23.4 Å². The van der Waals surface area contributed by atoms with Crippen molar-refractivity contribution in [2.24, 2.45) is 0 Å². The predicted molar refractivity (Wildman–Crippen MR) is 120 cm³/mol. The van der Waals surface area contributed by atoms with E-state index < -0.39 is 6.03 Å². The number of carbonyl (C=O) groups is 2. The Balaban J connectivity index is 1.58. The van der Waals surface area contributed by atoms with Crippen LogP contribution in [0.1, 0.15) is 10.4 Å². The third kappa shape index (κ3) is 6.63. The van der Waals surface area contributed by atoms with E-state index in [-0.39, 0.29) is 12.5 Å². The third-order valence-electron chi connectivity index (χ3n) is 4.48. The van der Waals surface area contributed by atoms with Gasteiger partial charge in [0.05, 0.1) is 13.7 Å². The Morgan fingerprint density at radius 2 is 1.77 bits per heavy atom. The first-order chi connectivity index (χ1) is 14.6. The summed E-state index contributed by atoms with van der Waals surface area (Å²) >= 11 is 1.64. The Kier molecular flexibility index (Phi) is 7.86. The van der Waals surface area contributed by atoms with Crippen LogP contribution < -0.4 is 20.3 Å². The standard InChI is InChI=1S/C23H25N3O3S/c1-29-20-11-9-19(10-12-20)26(16-18-6-3-2-4-7-18)17-22(27)25-23(28)24-14-13-21-8-5-15-30-21/h2-12,15H,13-14,16-17H2,1H3,(H2,24,25,27,28). The molecule has 30 heavy (non-hydrogen) atoms. The lowest BCUT2D eigenvalue weighted by Gasteiger charge is -2.24. The van der Waals surface area contributed by atoms with Crippen molar-refractivity contribution in [3.63, 3.8) is 0 Å². The molecule has 0 unspecified atom stereocenters. The molecular formula is C23H25N3O3S. The highest BCUT2D eigenvalue weighted by molar-refractivity contribution is 7.09. The molecule has 3 amide bonds. The number of thiophene rings is 1. The van der Waals surface area contributed by atoms with Gasteiger partial charge in [-0.05, 0) is 47.7 Å². The first-order valence-electron chi connectivity index (χ1n) is 9.67. The molecule has 0 radical (unpaired) electrons. The van der Waals surface area contributed by atoms with Crippen molar-refractivity contribution in [1.82, 2.24) is 10.6 Å². The van der Waals surface area contributed by atoms with Gasteiger partial charge in [-0.3, -0.25) is 10.1 Å². The summed E-state index contributed by atoms with van der Waals surface area (Å²) in [6.45, 7) is 1.08. The zero-order valence-corrected chi connectivity index (χ0v) is 17.7. The zero-order chi connectivity index (χ0) is 21.2. The smallest absolute Gasteiger partial charge is 0.321 e. The molecule has 0 atom stereocenters. The fourth-order valence-electron chi connectivity index (χ4n) is 2.97. The highest BCUT2D eigenvalue weighted by Gasteiger charge is 2.15. The molecule has 1 heterocycles. The summed E-state index contributed by atoms with van der Waals surface area (Å²) in [5.41, 5.74) is 1.94. The van der Waals surface area contributed by atoms with Crippen molar-refractivity contribution in [1.29, 1.82) is 0 Å². The zero-order valence-electron chi connectivity index (χ0n) is 16.8. The molecular weight excluding hydrogens is 398 g/mol. The van der Waals surface area contributed by atoms with Crippen LogP contribution in [0.15, 0.2) is 72.1 Å². The molecule has 7 heteroatoms. The average Bonchev–Trinajstić information content (AvgIpc) is 3.27. The Morgan fingerprint density at radius 3 is 2.43 bits per heavy atom. The van der Waals surface area contributed by atoms with E-state index in [9.17, 15) is 9.59 Å². The fraction of sp³-hybridized carbons (Fsp3) is 0.217. The quantitative estimate of drug-likeness (QED) is 0.549. The Morgan fingerprint density at radius 1 is 1.00 bits per heavy atom. The molecule has 0 aliphatic rings. The first-order valence-corrected chi connectivity index (χ1v) is 10.5. The van der Waals surface area contributed by atoms with Gasteiger partial charge in [0, 0.05) is 23.7 Å². The van der Waals surface area contributed by atoms with Crippen molar-refractivity contribution in [2.75, 3.05) is 25.1 Å². The largest absolute Gasteiger partial charge is 0.497 e. The van der Waals surface area contributed by atoms with Crippen LogP contribution in [0.4, 0.5) is 10.5 Å². The molecule has 3 aromatic rings. The molecule has 1 aromatic heterocycles. The molecule has 0 fully saturated rings. The van der Waals surface area contributed by atoms with Crippen LogP contribution in [0.25, 0.3) is 0 Å². The van der Waals surface area contributed by atoms with Gasteiger partial charge in [0.1, 0.15) is 5.75 Å². The SMILES string of the molecule is COc1ccc(N(CC(=O)NC(=O)NCCc2cccs2)Cc2ccccc2)cc1. The minimum atomic E-state index is -0.481. The summed E-state index contributed by atoms with van der Waals surface area (Å²) in [6, 6.07) is 20.9. The molecule has 156 valence electrons. The molecule has 0 bridgehead atoms. The Hall–Kier alpha value is -3.32. The monoisotopic (exact) mass is 423 g/mol. The molecule has 2 N–H and O–H groups in total. The molecule has 0 saturated carbocycles. The summed E-state index contributed by atoms with van der Waals surface area (Å²) in [5, 5.41) is 7.15. The second-order valence-corrected chi connectivity index (χ2v) is 7.71. The van der Waals surface area contributed by atoms with Gasteiger partial charge in [-0.1, -0.05) is 36.4 Å². The number of anilines is 1. The van der Waals surface area contributed by atoms with Gasteiger partial charge in [-0.25, -0.2) is 4.79 Å². The number of amides is 3. The second kappa shape index (κ2) is 11.0. The number of ether oxygens (including phenoxy) is 1. The molecule has 6 nitrogen and oxygen atoms in total. The lowest BCUT2D eigenvalue weighted by molar-refractivity contribution is -0.118. The molecule has 0 spiro atoms. The molecule has 0 aliphatic carbocycles. The number of benzene rings is 2. The summed E-state index contributed by atoms with van der Waals surface area (Å²) in [7, 11) is 1.61. The maximum atomic E-state index is 12.5. The number of hydrogen-bond donors (Lipinski definition) is 2. The summed E-state index contributed by atoms with van der Waals surface area (Å²) in [6.07, 6.45) is 0.741. The molecule has 0 saturated heterocycles. The molecule has 0 aliphatic heterocycles. The maximum Gasteiger partial charge on any atom is 0.321 e. The minimum absolute atomic E-state index is 0.0551. The maximum absolute atomic E-state index is 12.5. The van der Waals surface area contributed by atoms with Gasteiger partial charge in [0.2, 0.25) is 5.91 Å². The van der Waals surface area contributed by atoms with Crippen LogP contribution >= 0.6 is 11.3 Å². The topological polar surface area (TPSA) is 70.7 Å². The van der Waals surface area contributed by atoms with Crippen LogP contribution in [-0.4, -0.2) is 32.1 Å². The van der Waals surface area contributed by atoms with E-state index in [1.54, 1.807) is 18.4 Å². The Bertz CT molecular complexity index is 928. The van der Waals surface area contributed by atoms with E-state index in [4.69, 9.17) is 4.74 Å². The lowest BCUT2D eigenvalue weighted by atomic mass is 10.2. The normalized spacial score (nSPS) is 10.3. The van der Waals surface area contributed by atoms with E-state index in [1.165, 1.54) is 4.88 Å². The number of nitrogens with one attached hydrogen (secondary N) is 2. The van der Waals surface area contributed by atoms with Gasteiger partial charge in [0.25, 0.3) is 0 Å². The predicted octanol–water partition coefficient (Wildman–Crippen LogP) is 3.83. The van der Waals surface area contributed by atoms with E-state index in [0.29, 0.717) is 13.1 Å². The minimum Gasteiger partial charge on any atom is -0.497 e.